The van der Waals surface area contributed by atoms with Gasteiger partial charge in [-0.05, 0) is 26.0 Å². The average Bonchev–Trinajstić information content (AvgIpc) is 2.97. The lowest BCUT2D eigenvalue weighted by Gasteiger charge is -2.20. The Balaban J connectivity index is 2.03. The van der Waals surface area contributed by atoms with E-state index in [4.69, 9.17) is 18.9 Å². The fraction of sp³-hybridized carbons (Fsp3) is 0.500. The van der Waals surface area contributed by atoms with Gasteiger partial charge >= 0.3 is 0 Å². The Morgan fingerprint density at radius 1 is 1.30 bits per heavy atom. The van der Waals surface area contributed by atoms with E-state index in [1.165, 1.54) is 0 Å². The Morgan fingerprint density at radius 2 is 2.00 bits per heavy atom. The lowest BCUT2D eigenvalue weighted by Crippen LogP contribution is -2.33. The highest BCUT2D eigenvalue weighted by Crippen LogP contribution is 2.25. The molecule has 0 aromatic heterocycles. The molecule has 1 aliphatic rings. The largest absolute Gasteiger partial charge is 0.497 e. The molecule has 1 fully saturated rings. The van der Waals surface area contributed by atoms with Crippen LogP contribution < -0.4 is 14.9 Å². The number of rotatable bonds is 6. The SMILES string of the molecule is COc1ccc(/C(C)=N/NC(=O)CC2(C)OCCO2)c(OC)c1. The Bertz CT molecular complexity index is 594. The second kappa shape index (κ2) is 7.43. The summed E-state index contributed by atoms with van der Waals surface area (Å²) in [6.07, 6.45) is 0.0868. The van der Waals surface area contributed by atoms with Gasteiger partial charge in [0.15, 0.2) is 5.79 Å². The predicted molar refractivity (Wildman–Crippen MR) is 84.8 cm³/mol. The van der Waals surface area contributed by atoms with E-state index in [0.29, 0.717) is 30.4 Å². The molecule has 0 unspecified atom stereocenters. The lowest BCUT2D eigenvalue weighted by atomic mass is 10.1. The molecule has 0 bridgehead atoms. The van der Waals surface area contributed by atoms with Crippen LogP contribution in [0, 0.1) is 0 Å². The zero-order valence-electron chi connectivity index (χ0n) is 13.8. The minimum atomic E-state index is -0.870. The normalized spacial score (nSPS) is 17.0. The first-order valence-electron chi connectivity index (χ1n) is 7.31. The minimum absolute atomic E-state index is 0.0868. The highest BCUT2D eigenvalue weighted by atomic mass is 16.7. The molecule has 0 radical (unpaired) electrons. The standard InChI is InChI=1S/C16H22N2O5/c1-11(13-6-5-12(20-3)9-14(13)21-4)17-18-15(19)10-16(2)22-7-8-23-16/h5-6,9H,7-8,10H2,1-4H3,(H,18,19)/b17-11+. The highest BCUT2D eigenvalue weighted by Gasteiger charge is 2.33. The van der Waals surface area contributed by atoms with Crippen LogP contribution in [-0.2, 0) is 14.3 Å². The maximum atomic E-state index is 12.0. The quantitative estimate of drug-likeness (QED) is 0.637. The van der Waals surface area contributed by atoms with Crippen molar-refractivity contribution < 1.29 is 23.7 Å². The van der Waals surface area contributed by atoms with Gasteiger partial charge in [-0.3, -0.25) is 4.79 Å². The maximum Gasteiger partial charge on any atom is 0.245 e. The van der Waals surface area contributed by atoms with Crippen molar-refractivity contribution in [3.63, 3.8) is 0 Å². The number of hydrogen-bond acceptors (Lipinski definition) is 6. The van der Waals surface area contributed by atoms with Crippen LogP contribution in [0.25, 0.3) is 0 Å². The molecule has 7 nitrogen and oxygen atoms in total. The van der Waals surface area contributed by atoms with Crippen molar-refractivity contribution in [1.29, 1.82) is 0 Å². The van der Waals surface area contributed by atoms with E-state index in [9.17, 15) is 4.79 Å². The third-order valence-electron chi connectivity index (χ3n) is 3.53. The van der Waals surface area contributed by atoms with E-state index in [-0.39, 0.29) is 12.3 Å². The summed E-state index contributed by atoms with van der Waals surface area (Å²) in [6, 6.07) is 5.39. The molecule has 0 spiro atoms. The van der Waals surface area contributed by atoms with E-state index in [1.807, 2.05) is 6.07 Å². The molecule has 0 saturated carbocycles. The molecule has 1 aromatic rings. The van der Waals surface area contributed by atoms with Gasteiger partial charge in [0.05, 0.1) is 39.6 Å². The van der Waals surface area contributed by atoms with Crippen LogP contribution in [0.4, 0.5) is 0 Å². The predicted octanol–water partition coefficient (Wildman–Crippen LogP) is 1.70. The van der Waals surface area contributed by atoms with Gasteiger partial charge in [-0.1, -0.05) is 0 Å². The first-order valence-corrected chi connectivity index (χ1v) is 7.31. The summed E-state index contributed by atoms with van der Waals surface area (Å²) in [5, 5.41) is 4.12. The van der Waals surface area contributed by atoms with Crippen LogP contribution in [0.3, 0.4) is 0 Å². The fourth-order valence-corrected chi connectivity index (χ4v) is 2.29. The summed E-state index contributed by atoms with van der Waals surface area (Å²) in [5.41, 5.74) is 3.91. The van der Waals surface area contributed by atoms with Crippen molar-refractivity contribution in [2.45, 2.75) is 26.1 Å². The molecule has 1 N–H and O–H groups in total. The Hall–Kier alpha value is -2.12. The third kappa shape index (κ3) is 4.43. The number of nitrogens with zero attached hydrogens (tertiary/aromatic N) is 1. The summed E-state index contributed by atoms with van der Waals surface area (Å²) < 4.78 is 21.3. The molecular formula is C16H22N2O5. The molecular weight excluding hydrogens is 300 g/mol. The minimum Gasteiger partial charge on any atom is -0.497 e. The number of carbonyl (C=O) groups is 1. The highest BCUT2D eigenvalue weighted by molar-refractivity contribution is 6.01. The van der Waals surface area contributed by atoms with Gasteiger partial charge in [-0.15, -0.1) is 0 Å². The zero-order chi connectivity index (χ0) is 16.9. The van der Waals surface area contributed by atoms with Gasteiger partial charge in [0.25, 0.3) is 0 Å². The summed E-state index contributed by atoms with van der Waals surface area (Å²) in [7, 11) is 3.16. The molecule has 1 heterocycles. The lowest BCUT2D eigenvalue weighted by molar-refractivity contribution is -0.159. The molecule has 1 aromatic carbocycles. The zero-order valence-corrected chi connectivity index (χ0v) is 13.8. The molecule has 23 heavy (non-hydrogen) atoms. The van der Waals surface area contributed by atoms with Crippen molar-refractivity contribution in [2.24, 2.45) is 5.10 Å². The number of ether oxygens (including phenoxy) is 4. The number of nitrogens with one attached hydrogen (secondary N) is 1. The molecule has 1 aliphatic heterocycles. The van der Waals surface area contributed by atoms with E-state index in [0.717, 1.165) is 5.56 Å². The van der Waals surface area contributed by atoms with Crippen LogP contribution in [0.15, 0.2) is 23.3 Å². The number of hydrogen-bond donors (Lipinski definition) is 1. The number of hydrazone groups is 1. The smallest absolute Gasteiger partial charge is 0.245 e. The van der Waals surface area contributed by atoms with E-state index in [1.54, 1.807) is 40.2 Å². The maximum absolute atomic E-state index is 12.0. The number of amides is 1. The van der Waals surface area contributed by atoms with E-state index in [2.05, 4.69) is 10.5 Å². The van der Waals surface area contributed by atoms with Crippen molar-refractivity contribution in [3.05, 3.63) is 23.8 Å². The summed E-state index contributed by atoms with van der Waals surface area (Å²) >= 11 is 0. The van der Waals surface area contributed by atoms with Crippen molar-refractivity contribution in [1.82, 2.24) is 5.43 Å². The number of benzene rings is 1. The van der Waals surface area contributed by atoms with E-state index >= 15 is 0 Å². The topological polar surface area (TPSA) is 78.4 Å². The molecule has 1 saturated heterocycles. The summed E-state index contributed by atoms with van der Waals surface area (Å²) in [4.78, 5) is 12.0. The van der Waals surface area contributed by atoms with Crippen LogP contribution >= 0.6 is 0 Å². The second-order valence-electron chi connectivity index (χ2n) is 5.31. The van der Waals surface area contributed by atoms with Crippen molar-refractivity contribution >= 4 is 11.6 Å². The van der Waals surface area contributed by atoms with Crippen LogP contribution in [-0.4, -0.2) is 44.8 Å². The van der Waals surface area contributed by atoms with Gasteiger partial charge < -0.3 is 18.9 Å². The molecule has 1 amide bonds. The molecule has 0 atom stereocenters. The Labute approximate surface area is 135 Å². The molecule has 2 rings (SSSR count). The number of carbonyl (C=O) groups excluding carboxylic acids is 1. The van der Waals surface area contributed by atoms with Crippen LogP contribution in [0.1, 0.15) is 25.8 Å². The van der Waals surface area contributed by atoms with Crippen molar-refractivity contribution in [3.8, 4) is 11.5 Å². The summed E-state index contributed by atoms with van der Waals surface area (Å²) in [6.45, 7) is 4.52. The molecule has 126 valence electrons. The van der Waals surface area contributed by atoms with Gasteiger partial charge in [-0.25, -0.2) is 5.43 Å². The van der Waals surface area contributed by atoms with Crippen LogP contribution in [0.2, 0.25) is 0 Å². The Kier molecular flexibility index (Phi) is 5.57. The third-order valence-corrected chi connectivity index (χ3v) is 3.53. The van der Waals surface area contributed by atoms with Gasteiger partial charge in [0.1, 0.15) is 11.5 Å². The first-order chi connectivity index (χ1) is 11.0. The summed E-state index contributed by atoms with van der Waals surface area (Å²) in [5.74, 6) is 0.159. The number of methoxy groups -OCH3 is 2. The average molecular weight is 322 g/mol. The molecule has 0 aliphatic carbocycles. The van der Waals surface area contributed by atoms with Crippen molar-refractivity contribution in [2.75, 3.05) is 27.4 Å². The van der Waals surface area contributed by atoms with E-state index < -0.39 is 5.79 Å². The van der Waals surface area contributed by atoms with Crippen LogP contribution in [0.5, 0.6) is 11.5 Å². The molecule has 7 heteroatoms. The first kappa shape index (κ1) is 17.2. The second-order valence-corrected chi connectivity index (χ2v) is 5.31. The monoisotopic (exact) mass is 322 g/mol. The van der Waals surface area contributed by atoms with Gasteiger partial charge in [-0.2, -0.15) is 5.10 Å². The Morgan fingerprint density at radius 3 is 2.61 bits per heavy atom. The van der Waals surface area contributed by atoms with Gasteiger partial charge in [0.2, 0.25) is 5.91 Å². The fourth-order valence-electron chi connectivity index (χ4n) is 2.29. The van der Waals surface area contributed by atoms with Gasteiger partial charge in [0, 0.05) is 11.6 Å².